The Balaban J connectivity index is 2.48. The molecule has 1 amide bonds. The van der Waals surface area contributed by atoms with Gasteiger partial charge in [0.2, 0.25) is 5.91 Å². The summed E-state index contributed by atoms with van der Waals surface area (Å²) in [7, 11) is 4.23. The minimum absolute atomic E-state index is 0.224. The lowest BCUT2D eigenvalue weighted by atomic mass is 10.1. The molecular weight excluding hydrogens is 228 g/mol. The molecule has 1 aliphatic rings. The second-order valence-corrected chi connectivity index (χ2v) is 5.64. The van der Waals surface area contributed by atoms with E-state index in [1.807, 2.05) is 0 Å². The van der Waals surface area contributed by atoms with Gasteiger partial charge in [0.15, 0.2) is 0 Å². The van der Waals surface area contributed by atoms with Crippen LogP contribution >= 0.6 is 0 Å². The Labute approximate surface area is 111 Å². The van der Waals surface area contributed by atoms with Gasteiger partial charge in [0.05, 0.1) is 6.04 Å². The largest absolute Gasteiger partial charge is 0.368 e. The van der Waals surface area contributed by atoms with Crippen LogP contribution in [0.3, 0.4) is 0 Å². The zero-order valence-corrected chi connectivity index (χ0v) is 12.1. The molecule has 1 heterocycles. The Morgan fingerprint density at radius 1 is 1.50 bits per heavy atom. The number of likely N-dealkylation sites (tertiary alicyclic amines) is 1. The van der Waals surface area contributed by atoms with Crippen LogP contribution in [0.15, 0.2) is 0 Å². The van der Waals surface area contributed by atoms with Crippen LogP contribution in [0.25, 0.3) is 0 Å². The number of carbonyl (C=O) groups excluding carboxylic acids is 1. The first-order chi connectivity index (χ1) is 8.45. The topological polar surface area (TPSA) is 61.6 Å². The summed E-state index contributed by atoms with van der Waals surface area (Å²) in [6, 6.07) is 0.350. The summed E-state index contributed by atoms with van der Waals surface area (Å²) in [5.41, 5.74) is 5.45. The molecule has 0 aromatic heterocycles. The molecule has 18 heavy (non-hydrogen) atoms. The summed E-state index contributed by atoms with van der Waals surface area (Å²) in [6.07, 6.45) is 1.01. The molecular formula is C13H28N4O. The molecule has 0 aromatic rings. The van der Waals surface area contributed by atoms with Gasteiger partial charge in [-0.2, -0.15) is 0 Å². The third kappa shape index (κ3) is 4.23. The van der Waals surface area contributed by atoms with Gasteiger partial charge in [0.1, 0.15) is 0 Å². The van der Waals surface area contributed by atoms with E-state index in [9.17, 15) is 4.79 Å². The maximum absolute atomic E-state index is 11.4. The van der Waals surface area contributed by atoms with Gasteiger partial charge in [0.25, 0.3) is 0 Å². The first-order valence-corrected chi connectivity index (χ1v) is 6.87. The third-order valence-electron chi connectivity index (χ3n) is 3.74. The molecule has 3 unspecified atom stereocenters. The highest BCUT2D eigenvalue weighted by molar-refractivity contribution is 5.80. The van der Waals surface area contributed by atoms with Crippen LogP contribution in [0.1, 0.15) is 20.3 Å². The maximum atomic E-state index is 11.4. The van der Waals surface area contributed by atoms with Crippen molar-refractivity contribution < 1.29 is 4.79 Å². The van der Waals surface area contributed by atoms with E-state index in [0.29, 0.717) is 12.0 Å². The van der Waals surface area contributed by atoms with Gasteiger partial charge in [-0.05, 0) is 33.0 Å². The lowest BCUT2D eigenvalue weighted by Gasteiger charge is -2.24. The Morgan fingerprint density at radius 3 is 2.61 bits per heavy atom. The van der Waals surface area contributed by atoms with Gasteiger partial charge < -0.3 is 16.0 Å². The van der Waals surface area contributed by atoms with Crippen molar-refractivity contribution in [1.29, 1.82) is 0 Å². The predicted octanol–water partition coefficient (Wildman–Crippen LogP) is -0.278. The normalized spacial score (nSPS) is 26.7. The van der Waals surface area contributed by atoms with Crippen LogP contribution in [-0.2, 0) is 4.79 Å². The summed E-state index contributed by atoms with van der Waals surface area (Å²) in [5.74, 6) is 0.393. The van der Waals surface area contributed by atoms with Gasteiger partial charge in [-0.25, -0.2) is 0 Å². The number of amides is 1. The molecule has 5 heteroatoms. The minimum Gasteiger partial charge on any atom is -0.368 e. The number of nitrogens with two attached hydrogens (primary N) is 1. The minimum atomic E-state index is -0.246. The molecule has 106 valence electrons. The molecule has 5 nitrogen and oxygen atoms in total. The van der Waals surface area contributed by atoms with E-state index in [0.717, 1.165) is 32.6 Å². The van der Waals surface area contributed by atoms with E-state index >= 15 is 0 Å². The van der Waals surface area contributed by atoms with Crippen molar-refractivity contribution in [2.45, 2.75) is 32.4 Å². The van der Waals surface area contributed by atoms with E-state index in [1.54, 1.807) is 0 Å². The molecule has 1 saturated heterocycles. The molecule has 0 spiro atoms. The zero-order chi connectivity index (χ0) is 13.7. The van der Waals surface area contributed by atoms with Gasteiger partial charge in [-0.1, -0.05) is 13.8 Å². The fourth-order valence-electron chi connectivity index (χ4n) is 2.70. The van der Waals surface area contributed by atoms with Crippen LogP contribution < -0.4 is 11.1 Å². The van der Waals surface area contributed by atoms with Crippen LogP contribution in [-0.4, -0.2) is 68.1 Å². The van der Waals surface area contributed by atoms with Crippen molar-refractivity contribution in [2.24, 2.45) is 11.7 Å². The van der Waals surface area contributed by atoms with Crippen LogP contribution in [0.5, 0.6) is 0 Å². The van der Waals surface area contributed by atoms with Gasteiger partial charge >= 0.3 is 0 Å². The molecule has 1 aliphatic heterocycles. The van der Waals surface area contributed by atoms with Crippen molar-refractivity contribution in [3.63, 3.8) is 0 Å². The van der Waals surface area contributed by atoms with Crippen LogP contribution in [0, 0.1) is 5.92 Å². The average Bonchev–Trinajstić information content (AvgIpc) is 2.65. The standard InChI is InChI=1S/C13H28N4O/c1-5-6-15-11(13(14)18)8-17-7-10(2)12(9-17)16(3)4/h10-12,15H,5-9H2,1-4H3,(H2,14,18). The fourth-order valence-corrected chi connectivity index (χ4v) is 2.70. The second kappa shape index (κ2) is 7.07. The molecule has 0 bridgehead atoms. The fraction of sp³-hybridized carbons (Fsp3) is 0.923. The Kier molecular flexibility index (Phi) is 6.05. The number of rotatable bonds is 7. The van der Waals surface area contributed by atoms with Crippen molar-refractivity contribution in [2.75, 3.05) is 40.3 Å². The number of primary amides is 1. The monoisotopic (exact) mass is 256 g/mol. The summed E-state index contributed by atoms with van der Waals surface area (Å²) in [4.78, 5) is 16.0. The Bertz CT molecular complexity index is 270. The molecule has 3 N–H and O–H groups in total. The third-order valence-corrected chi connectivity index (χ3v) is 3.74. The Hall–Kier alpha value is -0.650. The van der Waals surface area contributed by atoms with Crippen molar-refractivity contribution in [3.8, 4) is 0 Å². The average molecular weight is 256 g/mol. The van der Waals surface area contributed by atoms with Gasteiger partial charge in [-0.15, -0.1) is 0 Å². The smallest absolute Gasteiger partial charge is 0.235 e. The quantitative estimate of drug-likeness (QED) is 0.658. The number of hydrogen-bond donors (Lipinski definition) is 2. The lowest BCUT2D eigenvalue weighted by molar-refractivity contribution is -0.120. The number of hydrogen-bond acceptors (Lipinski definition) is 4. The molecule has 0 aliphatic carbocycles. The molecule has 3 atom stereocenters. The predicted molar refractivity (Wildman–Crippen MR) is 74.4 cm³/mol. The van der Waals surface area contributed by atoms with E-state index in [4.69, 9.17) is 5.73 Å². The van der Waals surface area contributed by atoms with E-state index in [-0.39, 0.29) is 11.9 Å². The number of carbonyl (C=O) groups is 1. The highest BCUT2D eigenvalue weighted by Crippen LogP contribution is 2.19. The first-order valence-electron chi connectivity index (χ1n) is 6.87. The SMILES string of the molecule is CCCNC(CN1CC(C)C(N(C)C)C1)C(N)=O. The Morgan fingerprint density at radius 2 is 2.17 bits per heavy atom. The number of nitrogens with one attached hydrogen (secondary N) is 1. The van der Waals surface area contributed by atoms with Gasteiger partial charge in [0, 0.05) is 25.7 Å². The highest BCUT2D eigenvalue weighted by Gasteiger charge is 2.32. The summed E-state index contributed by atoms with van der Waals surface area (Å²) < 4.78 is 0. The van der Waals surface area contributed by atoms with Crippen molar-refractivity contribution in [3.05, 3.63) is 0 Å². The van der Waals surface area contributed by atoms with Crippen LogP contribution in [0.4, 0.5) is 0 Å². The molecule has 1 rings (SSSR count). The van der Waals surface area contributed by atoms with E-state index < -0.39 is 0 Å². The summed E-state index contributed by atoms with van der Waals surface area (Å²) in [6.45, 7) is 7.98. The van der Waals surface area contributed by atoms with Gasteiger partial charge in [-0.3, -0.25) is 9.69 Å². The zero-order valence-electron chi connectivity index (χ0n) is 12.1. The van der Waals surface area contributed by atoms with E-state index in [2.05, 4.69) is 43.1 Å². The van der Waals surface area contributed by atoms with Crippen molar-refractivity contribution >= 4 is 5.91 Å². The maximum Gasteiger partial charge on any atom is 0.235 e. The molecule has 0 saturated carbocycles. The molecule has 1 fully saturated rings. The van der Waals surface area contributed by atoms with Crippen molar-refractivity contribution in [1.82, 2.24) is 15.1 Å². The number of likely N-dealkylation sites (N-methyl/N-ethyl adjacent to an activating group) is 1. The van der Waals surface area contributed by atoms with Crippen LogP contribution in [0.2, 0.25) is 0 Å². The summed E-state index contributed by atoms with van der Waals surface area (Å²) >= 11 is 0. The van der Waals surface area contributed by atoms with E-state index in [1.165, 1.54) is 0 Å². The molecule has 0 radical (unpaired) electrons. The molecule has 0 aromatic carbocycles. The summed E-state index contributed by atoms with van der Waals surface area (Å²) in [5, 5.41) is 3.22. The first kappa shape index (κ1) is 15.4. The highest BCUT2D eigenvalue weighted by atomic mass is 16.1. The lowest BCUT2D eigenvalue weighted by Crippen LogP contribution is -2.49. The number of nitrogens with zero attached hydrogens (tertiary/aromatic N) is 2. The second-order valence-electron chi connectivity index (χ2n) is 5.64.